The predicted molar refractivity (Wildman–Crippen MR) is 139 cm³/mol. The normalized spacial score (nSPS) is 12.5. The lowest BCUT2D eigenvalue weighted by atomic mass is 10.0. The molecule has 0 radical (unpaired) electrons. The Hall–Kier alpha value is -2.62. The van der Waals surface area contributed by atoms with Gasteiger partial charge in [-0.2, -0.15) is 0 Å². The van der Waals surface area contributed by atoms with Crippen LogP contribution in [-0.4, -0.2) is 18.0 Å². The molecule has 0 fully saturated rings. The number of nitrogens with one attached hydrogen (secondary N) is 1. The zero-order chi connectivity index (χ0) is 25.9. The first kappa shape index (κ1) is 26.4. The van der Waals surface area contributed by atoms with Crippen LogP contribution in [0.2, 0.25) is 15.1 Å². The third kappa shape index (κ3) is 6.19. The van der Waals surface area contributed by atoms with Crippen molar-refractivity contribution < 1.29 is 17.5 Å². The smallest absolute Gasteiger partial charge is 0.302 e. The van der Waals surface area contributed by atoms with Crippen LogP contribution in [0.5, 0.6) is 11.8 Å². The fourth-order valence-corrected chi connectivity index (χ4v) is 5.34. The molecule has 1 atom stereocenters. The topological polar surface area (TPSA) is 73.2 Å². The SMILES string of the molecule is CCn1c(C(Cc2ccc(Cl)cc2)NS(=O)(=O)c2ccc(Cl)c(Cl)c2)cnc1Oc1ccc(F)cc1. The number of halogens is 4. The summed E-state index contributed by atoms with van der Waals surface area (Å²) in [5, 5.41) is 0.947. The Kier molecular flexibility index (Phi) is 8.22. The first-order valence-corrected chi connectivity index (χ1v) is 13.5. The van der Waals surface area contributed by atoms with Gasteiger partial charge in [0.25, 0.3) is 0 Å². The van der Waals surface area contributed by atoms with Gasteiger partial charge in [0.05, 0.1) is 32.9 Å². The van der Waals surface area contributed by atoms with Crippen LogP contribution in [-0.2, 0) is 23.0 Å². The van der Waals surface area contributed by atoms with E-state index in [2.05, 4.69) is 9.71 Å². The lowest BCUT2D eigenvalue weighted by Gasteiger charge is -2.21. The summed E-state index contributed by atoms with van der Waals surface area (Å²) in [5.74, 6) is 0.00972. The van der Waals surface area contributed by atoms with Gasteiger partial charge in [0.2, 0.25) is 10.0 Å². The second kappa shape index (κ2) is 11.2. The van der Waals surface area contributed by atoms with Crippen molar-refractivity contribution in [3.8, 4) is 11.8 Å². The average Bonchev–Trinajstić information content (AvgIpc) is 3.25. The summed E-state index contributed by atoms with van der Waals surface area (Å²) in [7, 11) is -4.00. The fraction of sp³-hybridized carbons (Fsp3) is 0.160. The number of ether oxygens (including phenoxy) is 1. The number of sulfonamides is 1. The summed E-state index contributed by atoms with van der Waals surface area (Å²) in [5.41, 5.74) is 1.43. The van der Waals surface area contributed by atoms with E-state index in [4.69, 9.17) is 39.5 Å². The van der Waals surface area contributed by atoms with Crippen LogP contribution < -0.4 is 9.46 Å². The van der Waals surface area contributed by atoms with Crippen molar-refractivity contribution in [2.75, 3.05) is 0 Å². The molecule has 1 heterocycles. The third-order valence-corrected chi connectivity index (χ3v) is 7.86. The highest BCUT2D eigenvalue weighted by atomic mass is 35.5. The van der Waals surface area contributed by atoms with E-state index >= 15 is 0 Å². The van der Waals surface area contributed by atoms with Crippen molar-refractivity contribution >= 4 is 44.8 Å². The summed E-state index contributed by atoms with van der Waals surface area (Å²) in [4.78, 5) is 4.34. The van der Waals surface area contributed by atoms with Crippen LogP contribution in [0.15, 0.2) is 77.8 Å². The quantitative estimate of drug-likeness (QED) is 0.235. The zero-order valence-electron chi connectivity index (χ0n) is 19.0. The van der Waals surface area contributed by atoms with Gasteiger partial charge in [0.1, 0.15) is 11.6 Å². The van der Waals surface area contributed by atoms with E-state index in [0.717, 1.165) is 5.56 Å². The van der Waals surface area contributed by atoms with Crippen LogP contribution in [0.25, 0.3) is 0 Å². The number of rotatable bonds is 9. The van der Waals surface area contributed by atoms with E-state index in [1.165, 1.54) is 42.5 Å². The van der Waals surface area contributed by atoms with Gasteiger partial charge in [0.15, 0.2) is 0 Å². The molecular weight excluding hydrogens is 548 g/mol. The van der Waals surface area contributed by atoms with Crippen molar-refractivity contribution in [1.82, 2.24) is 14.3 Å². The van der Waals surface area contributed by atoms with Crippen LogP contribution in [0.4, 0.5) is 4.39 Å². The molecule has 4 rings (SSSR count). The maximum Gasteiger partial charge on any atom is 0.302 e. The number of aromatic nitrogens is 2. The van der Waals surface area contributed by atoms with E-state index < -0.39 is 16.1 Å². The molecular formula is C25H21Cl3FN3O3S. The molecule has 1 N–H and O–H groups in total. The Morgan fingerprint density at radius 1 is 1.00 bits per heavy atom. The van der Waals surface area contributed by atoms with E-state index in [9.17, 15) is 12.8 Å². The molecule has 188 valence electrons. The molecule has 0 amide bonds. The van der Waals surface area contributed by atoms with Gasteiger partial charge >= 0.3 is 6.01 Å². The standard InChI is InChI=1S/C25H21Cl3FN3O3S/c1-2-32-24(15-30-25(32)35-19-9-7-18(29)8-10-19)23(13-16-3-5-17(26)6-4-16)31-36(33,34)20-11-12-21(27)22(28)14-20/h3-12,14-15,23,31H,2,13H2,1H3. The molecule has 0 saturated heterocycles. The first-order valence-electron chi connectivity index (χ1n) is 10.9. The van der Waals surface area contributed by atoms with Crippen molar-refractivity contribution in [3.05, 3.63) is 105 Å². The molecule has 6 nitrogen and oxygen atoms in total. The van der Waals surface area contributed by atoms with E-state index in [1.807, 2.05) is 19.1 Å². The van der Waals surface area contributed by atoms with Crippen LogP contribution >= 0.6 is 34.8 Å². The molecule has 36 heavy (non-hydrogen) atoms. The largest absolute Gasteiger partial charge is 0.426 e. The summed E-state index contributed by atoms with van der Waals surface area (Å²) >= 11 is 18.1. The van der Waals surface area contributed by atoms with Gasteiger partial charge in [0, 0.05) is 11.6 Å². The molecule has 0 spiro atoms. The Bertz CT molecular complexity index is 1460. The molecule has 3 aromatic carbocycles. The molecule has 0 aliphatic rings. The zero-order valence-corrected chi connectivity index (χ0v) is 22.0. The van der Waals surface area contributed by atoms with Crippen molar-refractivity contribution in [1.29, 1.82) is 0 Å². The maximum absolute atomic E-state index is 13.3. The number of benzene rings is 3. The molecule has 1 aromatic heterocycles. The van der Waals surface area contributed by atoms with Gasteiger partial charge in [-0.05, 0) is 73.5 Å². The molecule has 0 saturated carbocycles. The van der Waals surface area contributed by atoms with Crippen molar-refractivity contribution in [3.63, 3.8) is 0 Å². The minimum absolute atomic E-state index is 0.0247. The second-order valence-electron chi connectivity index (χ2n) is 7.85. The number of imidazole rings is 1. The Labute approximate surface area is 223 Å². The lowest BCUT2D eigenvalue weighted by Crippen LogP contribution is -2.31. The van der Waals surface area contributed by atoms with Gasteiger partial charge in [-0.25, -0.2) is 22.5 Å². The van der Waals surface area contributed by atoms with E-state index in [0.29, 0.717) is 29.4 Å². The molecule has 11 heteroatoms. The van der Waals surface area contributed by atoms with Gasteiger partial charge in [-0.3, -0.25) is 4.57 Å². The summed E-state index contributed by atoms with van der Waals surface area (Å²) < 4.78 is 50.3. The number of nitrogens with zero attached hydrogens (tertiary/aromatic N) is 2. The first-order chi connectivity index (χ1) is 17.2. The average molecular weight is 569 g/mol. The highest BCUT2D eigenvalue weighted by molar-refractivity contribution is 7.89. The van der Waals surface area contributed by atoms with Gasteiger partial charge < -0.3 is 4.74 Å². The van der Waals surface area contributed by atoms with Crippen LogP contribution in [0, 0.1) is 5.82 Å². The third-order valence-electron chi connectivity index (χ3n) is 5.40. The van der Waals surface area contributed by atoms with Crippen LogP contribution in [0.1, 0.15) is 24.2 Å². The van der Waals surface area contributed by atoms with Gasteiger partial charge in [-0.1, -0.05) is 46.9 Å². The number of hydrogen-bond acceptors (Lipinski definition) is 4. The van der Waals surface area contributed by atoms with Crippen molar-refractivity contribution in [2.24, 2.45) is 0 Å². The summed E-state index contributed by atoms with van der Waals surface area (Å²) in [6.45, 7) is 2.33. The Morgan fingerprint density at radius 2 is 1.69 bits per heavy atom. The monoisotopic (exact) mass is 567 g/mol. The summed E-state index contributed by atoms with van der Waals surface area (Å²) in [6.07, 6.45) is 1.86. The van der Waals surface area contributed by atoms with E-state index in [1.54, 1.807) is 22.9 Å². The maximum atomic E-state index is 13.3. The van der Waals surface area contributed by atoms with Crippen molar-refractivity contribution in [2.45, 2.75) is 30.8 Å². The predicted octanol–water partition coefficient (Wildman–Crippen LogP) is 7.06. The Morgan fingerprint density at radius 3 is 2.33 bits per heavy atom. The number of hydrogen-bond donors (Lipinski definition) is 1. The van der Waals surface area contributed by atoms with E-state index in [-0.39, 0.29) is 26.8 Å². The molecule has 0 bridgehead atoms. The fourth-order valence-electron chi connectivity index (χ4n) is 3.62. The lowest BCUT2D eigenvalue weighted by molar-refractivity contribution is 0.405. The van der Waals surface area contributed by atoms with Gasteiger partial charge in [-0.15, -0.1) is 0 Å². The minimum atomic E-state index is -4.00. The highest BCUT2D eigenvalue weighted by Gasteiger charge is 2.26. The second-order valence-corrected chi connectivity index (χ2v) is 10.8. The Balaban J connectivity index is 1.71. The molecule has 1 unspecified atom stereocenters. The summed E-state index contributed by atoms with van der Waals surface area (Å²) in [6, 6.07) is 16.3. The minimum Gasteiger partial charge on any atom is -0.426 e. The molecule has 0 aliphatic heterocycles. The van der Waals surface area contributed by atoms with Crippen LogP contribution in [0.3, 0.4) is 0 Å². The highest BCUT2D eigenvalue weighted by Crippen LogP contribution is 2.30. The molecule has 0 aliphatic carbocycles. The molecule has 4 aromatic rings.